The zero-order chi connectivity index (χ0) is 21.1. The van der Waals surface area contributed by atoms with Crippen molar-refractivity contribution < 1.29 is 28.6 Å². The van der Waals surface area contributed by atoms with Crippen LogP contribution >= 0.6 is 0 Å². The Morgan fingerprint density at radius 2 is 2.10 bits per heavy atom. The zero-order valence-corrected chi connectivity index (χ0v) is 17.0. The van der Waals surface area contributed by atoms with Gasteiger partial charge in [0, 0.05) is 24.8 Å². The maximum absolute atomic E-state index is 13.1. The molecule has 1 aromatic carbocycles. The summed E-state index contributed by atoms with van der Waals surface area (Å²) >= 11 is 0. The number of unbranched alkanes of at least 4 members (excludes halogenated alkanes) is 3. The number of benzene rings is 1. The van der Waals surface area contributed by atoms with E-state index in [1.165, 1.54) is 19.2 Å². The molecular formula is C23H31FO5. The Hall–Kier alpha value is -2.21. The van der Waals surface area contributed by atoms with Crippen LogP contribution < -0.4 is 4.74 Å². The van der Waals surface area contributed by atoms with Crippen molar-refractivity contribution in [1.29, 1.82) is 0 Å². The molecule has 29 heavy (non-hydrogen) atoms. The van der Waals surface area contributed by atoms with Crippen LogP contribution in [0.1, 0.15) is 51.4 Å². The average Bonchev–Trinajstić information content (AvgIpc) is 3.06. The molecule has 0 amide bonds. The van der Waals surface area contributed by atoms with Crippen LogP contribution in [0.2, 0.25) is 0 Å². The normalized spacial score (nSPS) is 20.2. The second-order valence-electron chi connectivity index (χ2n) is 7.52. The summed E-state index contributed by atoms with van der Waals surface area (Å²) in [5.41, 5.74) is 0. The van der Waals surface area contributed by atoms with Crippen LogP contribution in [-0.4, -0.2) is 36.7 Å². The summed E-state index contributed by atoms with van der Waals surface area (Å²) in [5, 5.41) is 10.1. The van der Waals surface area contributed by atoms with Crippen molar-refractivity contribution in [2.75, 3.05) is 13.7 Å². The minimum Gasteiger partial charge on any atom is -0.490 e. The number of halogens is 1. The molecule has 3 atom stereocenters. The first-order valence-corrected chi connectivity index (χ1v) is 10.3. The van der Waals surface area contributed by atoms with Gasteiger partial charge in [0.25, 0.3) is 0 Å². The van der Waals surface area contributed by atoms with E-state index in [9.17, 15) is 19.1 Å². The van der Waals surface area contributed by atoms with Gasteiger partial charge in [0.05, 0.1) is 7.11 Å². The van der Waals surface area contributed by atoms with Gasteiger partial charge in [-0.3, -0.25) is 9.59 Å². The van der Waals surface area contributed by atoms with Gasteiger partial charge in [0.15, 0.2) is 0 Å². The van der Waals surface area contributed by atoms with Crippen molar-refractivity contribution in [3.05, 3.63) is 42.2 Å². The lowest BCUT2D eigenvalue weighted by Gasteiger charge is -2.16. The van der Waals surface area contributed by atoms with Gasteiger partial charge in [-0.15, -0.1) is 0 Å². The van der Waals surface area contributed by atoms with Crippen molar-refractivity contribution in [3.8, 4) is 5.75 Å². The Morgan fingerprint density at radius 3 is 2.86 bits per heavy atom. The van der Waals surface area contributed by atoms with Crippen LogP contribution in [0, 0.1) is 17.7 Å². The molecule has 0 saturated heterocycles. The Bertz CT molecular complexity index is 688. The van der Waals surface area contributed by atoms with E-state index < -0.39 is 6.10 Å². The molecule has 5 nitrogen and oxygen atoms in total. The minimum atomic E-state index is -0.812. The van der Waals surface area contributed by atoms with Gasteiger partial charge >= 0.3 is 5.97 Å². The fourth-order valence-corrected chi connectivity index (χ4v) is 3.69. The summed E-state index contributed by atoms with van der Waals surface area (Å²) < 4.78 is 23.2. The van der Waals surface area contributed by atoms with Gasteiger partial charge in [0.1, 0.15) is 30.1 Å². The molecule has 1 saturated carbocycles. The highest BCUT2D eigenvalue weighted by molar-refractivity contribution is 5.83. The van der Waals surface area contributed by atoms with Crippen LogP contribution in [0.15, 0.2) is 36.4 Å². The first kappa shape index (κ1) is 23.1. The van der Waals surface area contributed by atoms with E-state index in [1.54, 1.807) is 18.2 Å². The molecule has 0 radical (unpaired) electrons. The number of rotatable bonds is 12. The molecule has 1 aliphatic carbocycles. The van der Waals surface area contributed by atoms with E-state index in [0.29, 0.717) is 24.4 Å². The Balaban J connectivity index is 1.70. The summed E-state index contributed by atoms with van der Waals surface area (Å²) in [5.74, 6) is 0.245. The first-order chi connectivity index (χ1) is 14.0. The second-order valence-corrected chi connectivity index (χ2v) is 7.52. The standard InChI is InChI=1S/C23H31FO5/c1-28-23(27)10-5-3-2-4-9-21-17(12-14-22(21)26)11-13-19(25)16-29-20-8-6-7-18(24)15-20/h6-8,11,13,15,17,19,21,25H,2-5,9-10,12,14,16H2,1H3/b13-11+/t17-,19+,21+/m0/s1. The third kappa shape index (κ3) is 8.36. The lowest BCUT2D eigenvalue weighted by atomic mass is 9.89. The third-order valence-corrected chi connectivity index (χ3v) is 5.33. The number of hydrogen-bond acceptors (Lipinski definition) is 5. The molecule has 1 aliphatic rings. The fraction of sp³-hybridized carbons (Fsp3) is 0.565. The monoisotopic (exact) mass is 406 g/mol. The van der Waals surface area contributed by atoms with Crippen LogP contribution in [-0.2, 0) is 14.3 Å². The number of aliphatic hydroxyl groups excluding tert-OH is 1. The number of Topliss-reactive ketones (excluding diaryl/α,β-unsaturated/α-hetero) is 1. The van der Waals surface area contributed by atoms with E-state index in [-0.39, 0.29) is 30.2 Å². The first-order valence-electron chi connectivity index (χ1n) is 10.3. The molecule has 1 N–H and O–H groups in total. The number of ether oxygens (including phenoxy) is 2. The van der Waals surface area contributed by atoms with E-state index in [1.807, 2.05) is 6.08 Å². The average molecular weight is 406 g/mol. The number of methoxy groups -OCH3 is 1. The fourth-order valence-electron chi connectivity index (χ4n) is 3.69. The third-order valence-electron chi connectivity index (χ3n) is 5.33. The largest absolute Gasteiger partial charge is 0.490 e. The molecular weight excluding hydrogens is 375 g/mol. The van der Waals surface area contributed by atoms with Crippen molar-refractivity contribution >= 4 is 11.8 Å². The Morgan fingerprint density at radius 1 is 1.31 bits per heavy atom. The number of carbonyl (C=O) groups is 2. The number of ketones is 1. The molecule has 0 bridgehead atoms. The van der Waals surface area contributed by atoms with E-state index in [4.69, 9.17) is 4.74 Å². The predicted octanol–water partition coefficient (Wildman–Crippen LogP) is 4.23. The predicted molar refractivity (Wildman–Crippen MR) is 108 cm³/mol. The van der Waals surface area contributed by atoms with Gasteiger partial charge in [-0.05, 0) is 37.3 Å². The second kappa shape index (κ2) is 12.4. The molecule has 1 fully saturated rings. The van der Waals surface area contributed by atoms with Crippen molar-refractivity contribution in [2.24, 2.45) is 11.8 Å². The number of esters is 1. The van der Waals surface area contributed by atoms with Crippen molar-refractivity contribution in [1.82, 2.24) is 0 Å². The lowest BCUT2D eigenvalue weighted by molar-refractivity contribution is -0.140. The Labute approximate surface area is 171 Å². The summed E-state index contributed by atoms with van der Waals surface area (Å²) in [7, 11) is 1.40. The highest BCUT2D eigenvalue weighted by Gasteiger charge is 2.32. The molecule has 1 aromatic rings. The zero-order valence-electron chi connectivity index (χ0n) is 17.0. The molecule has 0 aliphatic heterocycles. The SMILES string of the molecule is COC(=O)CCCCCC[C@H]1C(=O)CC[C@@H]1/C=C/[C@@H](O)COc1cccc(F)c1. The maximum atomic E-state index is 13.1. The van der Waals surface area contributed by atoms with E-state index in [0.717, 1.165) is 38.5 Å². The van der Waals surface area contributed by atoms with Crippen molar-refractivity contribution in [3.63, 3.8) is 0 Å². The quantitative estimate of drug-likeness (QED) is 0.319. The molecule has 0 aromatic heterocycles. The molecule has 0 heterocycles. The summed E-state index contributed by atoms with van der Waals surface area (Å²) in [6, 6.07) is 5.79. The highest BCUT2D eigenvalue weighted by Crippen LogP contribution is 2.34. The molecule has 0 unspecified atom stereocenters. The molecule has 2 rings (SSSR count). The maximum Gasteiger partial charge on any atom is 0.305 e. The molecule has 6 heteroatoms. The number of aliphatic hydroxyl groups is 1. The number of allylic oxidation sites excluding steroid dienone is 1. The van der Waals surface area contributed by atoms with Gasteiger partial charge in [-0.2, -0.15) is 0 Å². The summed E-state index contributed by atoms with van der Waals surface area (Å²) in [4.78, 5) is 23.3. The molecule has 0 spiro atoms. The van der Waals surface area contributed by atoms with Crippen LogP contribution in [0.4, 0.5) is 4.39 Å². The van der Waals surface area contributed by atoms with Crippen LogP contribution in [0.5, 0.6) is 5.75 Å². The highest BCUT2D eigenvalue weighted by atomic mass is 19.1. The smallest absolute Gasteiger partial charge is 0.305 e. The number of carbonyl (C=O) groups excluding carboxylic acids is 2. The number of hydrogen-bond donors (Lipinski definition) is 1. The van der Waals surface area contributed by atoms with Gasteiger partial charge in [0.2, 0.25) is 0 Å². The summed E-state index contributed by atoms with van der Waals surface area (Å²) in [6.07, 6.45) is 9.15. The minimum absolute atomic E-state index is 0.00296. The topological polar surface area (TPSA) is 72.8 Å². The van der Waals surface area contributed by atoms with Gasteiger partial charge in [-0.1, -0.05) is 37.5 Å². The summed E-state index contributed by atoms with van der Waals surface area (Å²) in [6.45, 7) is 0.0332. The van der Waals surface area contributed by atoms with E-state index in [2.05, 4.69) is 4.74 Å². The van der Waals surface area contributed by atoms with Crippen LogP contribution in [0.25, 0.3) is 0 Å². The van der Waals surface area contributed by atoms with Gasteiger partial charge in [-0.25, -0.2) is 4.39 Å². The van der Waals surface area contributed by atoms with Gasteiger partial charge < -0.3 is 14.6 Å². The Kier molecular flexibility index (Phi) is 9.84. The molecule has 160 valence electrons. The van der Waals surface area contributed by atoms with Crippen LogP contribution in [0.3, 0.4) is 0 Å². The lowest BCUT2D eigenvalue weighted by Crippen LogP contribution is -2.17. The van der Waals surface area contributed by atoms with Crippen molar-refractivity contribution in [2.45, 2.75) is 57.5 Å². The van der Waals surface area contributed by atoms with E-state index >= 15 is 0 Å².